The highest BCUT2D eigenvalue weighted by atomic mass is 19.3. The Bertz CT molecular complexity index is 1260. The summed E-state index contributed by atoms with van der Waals surface area (Å²) in [6.07, 6.45) is 0.394. The van der Waals surface area contributed by atoms with E-state index < -0.39 is 6.61 Å². The SMILES string of the molecule is COc1ccc(CCNC(=O)c2oc3ccccc3c2COc2ccccc2)cc1OC(F)F. The van der Waals surface area contributed by atoms with Crippen LogP contribution in [0.2, 0.25) is 0 Å². The highest BCUT2D eigenvalue weighted by molar-refractivity contribution is 5.99. The van der Waals surface area contributed by atoms with E-state index in [4.69, 9.17) is 13.9 Å². The fraction of sp³-hybridized carbons (Fsp3) is 0.192. The van der Waals surface area contributed by atoms with Crippen molar-refractivity contribution in [2.75, 3.05) is 13.7 Å². The van der Waals surface area contributed by atoms with Gasteiger partial charge in [0.1, 0.15) is 17.9 Å². The van der Waals surface area contributed by atoms with Crippen LogP contribution in [0.25, 0.3) is 11.0 Å². The molecule has 3 aromatic carbocycles. The predicted octanol–water partition coefficient (Wildman–Crippen LogP) is 5.59. The monoisotopic (exact) mass is 467 g/mol. The van der Waals surface area contributed by atoms with Crippen LogP contribution in [0.3, 0.4) is 0 Å². The molecule has 1 aromatic heterocycles. The van der Waals surface area contributed by atoms with Crippen LogP contribution in [-0.4, -0.2) is 26.2 Å². The molecule has 1 N–H and O–H groups in total. The fourth-order valence-electron chi connectivity index (χ4n) is 3.56. The average Bonchev–Trinajstić information content (AvgIpc) is 3.22. The standard InChI is InChI=1S/C26H23F2NO5/c1-31-22-12-11-17(15-23(22)34-26(27)28)13-14-29-25(30)24-20(16-32-18-7-3-2-4-8-18)19-9-5-6-10-21(19)33-24/h2-12,15,26H,13-14,16H2,1H3,(H,29,30). The molecule has 0 spiro atoms. The number of methoxy groups -OCH3 is 1. The zero-order chi connectivity index (χ0) is 23.9. The first-order valence-corrected chi connectivity index (χ1v) is 10.6. The number of benzene rings is 3. The fourth-order valence-corrected chi connectivity index (χ4v) is 3.56. The molecule has 0 saturated heterocycles. The van der Waals surface area contributed by atoms with Crippen LogP contribution >= 0.6 is 0 Å². The van der Waals surface area contributed by atoms with Crippen LogP contribution in [-0.2, 0) is 13.0 Å². The van der Waals surface area contributed by atoms with Crippen molar-refractivity contribution in [3.63, 3.8) is 0 Å². The lowest BCUT2D eigenvalue weighted by molar-refractivity contribution is -0.0512. The second-order valence-electron chi connectivity index (χ2n) is 7.38. The molecule has 8 heteroatoms. The second-order valence-corrected chi connectivity index (χ2v) is 7.38. The van der Waals surface area contributed by atoms with E-state index in [0.717, 1.165) is 5.39 Å². The summed E-state index contributed by atoms with van der Waals surface area (Å²) < 4.78 is 46.6. The summed E-state index contributed by atoms with van der Waals surface area (Å²) in [5.74, 6) is 0.617. The number of carbonyl (C=O) groups excluding carboxylic acids is 1. The van der Waals surface area contributed by atoms with E-state index in [1.165, 1.54) is 13.2 Å². The normalized spacial score (nSPS) is 10.9. The summed E-state index contributed by atoms with van der Waals surface area (Å²) in [4.78, 5) is 12.9. The zero-order valence-corrected chi connectivity index (χ0v) is 18.4. The van der Waals surface area contributed by atoms with Gasteiger partial charge in [0, 0.05) is 17.5 Å². The van der Waals surface area contributed by atoms with Gasteiger partial charge >= 0.3 is 6.61 Å². The Morgan fingerprint density at radius 2 is 1.76 bits per heavy atom. The molecule has 6 nitrogen and oxygen atoms in total. The van der Waals surface area contributed by atoms with E-state index in [-0.39, 0.29) is 36.3 Å². The summed E-state index contributed by atoms with van der Waals surface area (Å²) in [5.41, 5.74) is 1.94. The third kappa shape index (κ3) is 5.46. The van der Waals surface area contributed by atoms with Crippen molar-refractivity contribution in [3.8, 4) is 17.2 Å². The maximum absolute atomic E-state index is 12.9. The van der Waals surface area contributed by atoms with Gasteiger partial charge < -0.3 is 23.9 Å². The smallest absolute Gasteiger partial charge is 0.387 e. The number of rotatable bonds is 10. The van der Waals surface area contributed by atoms with Crippen LogP contribution in [0.1, 0.15) is 21.7 Å². The van der Waals surface area contributed by atoms with Gasteiger partial charge in [0.2, 0.25) is 0 Å². The summed E-state index contributed by atoms with van der Waals surface area (Å²) in [5, 5.41) is 3.63. The topological polar surface area (TPSA) is 69.9 Å². The number of hydrogen-bond acceptors (Lipinski definition) is 5. The van der Waals surface area contributed by atoms with Crippen LogP contribution in [0.4, 0.5) is 8.78 Å². The Balaban J connectivity index is 1.46. The Kier molecular flexibility index (Phi) is 7.27. The number of ether oxygens (including phenoxy) is 3. The van der Waals surface area contributed by atoms with Gasteiger partial charge in [-0.15, -0.1) is 0 Å². The third-order valence-corrected chi connectivity index (χ3v) is 5.17. The molecule has 0 aliphatic rings. The predicted molar refractivity (Wildman–Crippen MR) is 123 cm³/mol. The molecule has 0 unspecified atom stereocenters. The number of furan rings is 1. The number of amides is 1. The number of halogens is 2. The Morgan fingerprint density at radius 3 is 2.53 bits per heavy atom. The van der Waals surface area contributed by atoms with Crippen molar-refractivity contribution in [2.45, 2.75) is 19.6 Å². The zero-order valence-electron chi connectivity index (χ0n) is 18.4. The van der Waals surface area contributed by atoms with Gasteiger partial charge in [-0.05, 0) is 42.3 Å². The number of fused-ring (bicyclic) bond motifs is 1. The highest BCUT2D eigenvalue weighted by Gasteiger charge is 2.21. The summed E-state index contributed by atoms with van der Waals surface area (Å²) in [7, 11) is 1.37. The van der Waals surface area contributed by atoms with Crippen molar-refractivity contribution in [1.82, 2.24) is 5.32 Å². The van der Waals surface area contributed by atoms with E-state index in [0.29, 0.717) is 28.9 Å². The van der Waals surface area contributed by atoms with Crippen LogP contribution in [0, 0.1) is 0 Å². The number of nitrogens with one attached hydrogen (secondary N) is 1. The minimum Gasteiger partial charge on any atom is -0.493 e. The molecule has 0 saturated carbocycles. The summed E-state index contributed by atoms with van der Waals surface area (Å²) >= 11 is 0. The first-order valence-electron chi connectivity index (χ1n) is 10.6. The Morgan fingerprint density at radius 1 is 1.00 bits per heavy atom. The first kappa shape index (κ1) is 23.1. The largest absolute Gasteiger partial charge is 0.493 e. The molecule has 4 aromatic rings. The van der Waals surface area contributed by atoms with E-state index in [1.54, 1.807) is 18.2 Å². The van der Waals surface area contributed by atoms with Gasteiger partial charge in [-0.3, -0.25) is 4.79 Å². The molecular formula is C26H23F2NO5. The summed E-state index contributed by atoms with van der Waals surface area (Å²) in [6, 6.07) is 21.4. The Labute approximate surface area is 195 Å². The van der Waals surface area contributed by atoms with Crippen molar-refractivity contribution >= 4 is 16.9 Å². The Hall–Kier alpha value is -4.07. The molecule has 0 bridgehead atoms. The van der Waals surface area contributed by atoms with E-state index in [2.05, 4.69) is 10.1 Å². The number of hydrogen-bond donors (Lipinski definition) is 1. The van der Waals surface area contributed by atoms with Crippen molar-refractivity contribution in [2.24, 2.45) is 0 Å². The molecule has 176 valence electrons. The molecule has 4 rings (SSSR count). The molecular weight excluding hydrogens is 444 g/mol. The van der Waals surface area contributed by atoms with Gasteiger partial charge in [0.15, 0.2) is 17.3 Å². The number of carbonyl (C=O) groups is 1. The lowest BCUT2D eigenvalue weighted by atomic mass is 10.1. The molecule has 0 fully saturated rings. The second kappa shape index (κ2) is 10.7. The van der Waals surface area contributed by atoms with Crippen LogP contribution in [0.5, 0.6) is 17.2 Å². The summed E-state index contributed by atoms with van der Waals surface area (Å²) in [6.45, 7) is -2.54. The maximum atomic E-state index is 12.9. The number of alkyl halides is 2. The van der Waals surface area contributed by atoms with Crippen molar-refractivity contribution < 1.29 is 32.2 Å². The van der Waals surface area contributed by atoms with E-state index >= 15 is 0 Å². The third-order valence-electron chi connectivity index (χ3n) is 5.17. The van der Waals surface area contributed by atoms with Crippen molar-refractivity contribution in [1.29, 1.82) is 0 Å². The maximum Gasteiger partial charge on any atom is 0.387 e. The van der Waals surface area contributed by atoms with E-state index in [9.17, 15) is 13.6 Å². The van der Waals surface area contributed by atoms with Gasteiger partial charge in [0.05, 0.1) is 7.11 Å². The van der Waals surface area contributed by atoms with Gasteiger partial charge in [-0.25, -0.2) is 0 Å². The van der Waals surface area contributed by atoms with Crippen LogP contribution in [0.15, 0.2) is 77.2 Å². The lowest BCUT2D eigenvalue weighted by Gasteiger charge is -2.12. The molecule has 0 radical (unpaired) electrons. The minimum atomic E-state index is -2.96. The van der Waals surface area contributed by atoms with E-state index in [1.807, 2.05) is 48.5 Å². The molecule has 0 aliphatic heterocycles. The van der Waals surface area contributed by atoms with Crippen molar-refractivity contribution in [3.05, 3.63) is 89.7 Å². The number of para-hydroxylation sites is 2. The lowest BCUT2D eigenvalue weighted by Crippen LogP contribution is -2.26. The van der Waals surface area contributed by atoms with Gasteiger partial charge in [0.25, 0.3) is 5.91 Å². The quantitative estimate of drug-likeness (QED) is 0.329. The van der Waals surface area contributed by atoms with Crippen LogP contribution < -0.4 is 19.5 Å². The molecule has 0 atom stereocenters. The molecule has 34 heavy (non-hydrogen) atoms. The van der Waals surface area contributed by atoms with Gasteiger partial charge in [-0.2, -0.15) is 8.78 Å². The highest BCUT2D eigenvalue weighted by Crippen LogP contribution is 2.30. The average molecular weight is 467 g/mol. The minimum absolute atomic E-state index is 0.0565. The first-order chi connectivity index (χ1) is 16.5. The van der Waals surface area contributed by atoms with Gasteiger partial charge in [-0.1, -0.05) is 42.5 Å². The molecule has 1 heterocycles. The molecule has 0 aliphatic carbocycles. The molecule has 1 amide bonds.